The van der Waals surface area contributed by atoms with Crippen LogP contribution in [0.4, 0.5) is 0 Å². The maximum absolute atomic E-state index is 5.72. The van der Waals surface area contributed by atoms with E-state index < -0.39 is 0 Å². The summed E-state index contributed by atoms with van der Waals surface area (Å²) in [5.74, 6) is 0.717. The third-order valence-corrected chi connectivity index (χ3v) is 3.38. The van der Waals surface area contributed by atoms with Gasteiger partial charge in [-0.05, 0) is 42.5 Å². The predicted octanol–water partition coefficient (Wildman–Crippen LogP) is 5.17. The Morgan fingerprint density at radius 3 is 2.58 bits per heavy atom. The molecule has 98 valence electrons. The second kappa shape index (κ2) is 7.10. The van der Waals surface area contributed by atoms with Crippen LogP contribution < -0.4 is 0 Å². The van der Waals surface area contributed by atoms with E-state index in [1.54, 1.807) is 0 Å². The molecule has 1 aromatic carbocycles. The number of allylic oxidation sites excluding steroid dienone is 1. The Morgan fingerprint density at radius 1 is 1.05 bits per heavy atom. The number of nitrogens with zero attached hydrogens (tertiary/aromatic N) is 1. The summed E-state index contributed by atoms with van der Waals surface area (Å²) in [4.78, 5) is 4.43. The molecule has 0 spiro atoms. The molecule has 0 atom stereocenters. The average Bonchev–Trinajstić information content (AvgIpc) is 2.48. The van der Waals surface area contributed by atoms with Crippen molar-refractivity contribution in [2.75, 3.05) is 5.88 Å². The molecule has 0 N–H and O–H groups in total. The van der Waals surface area contributed by atoms with Crippen LogP contribution in [0.3, 0.4) is 0 Å². The minimum absolute atomic E-state index is 0.717. The van der Waals surface area contributed by atoms with E-state index in [-0.39, 0.29) is 0 Å². The Morgan fingerprint density at radius 2 is 1.84 bits per heavy atom. The van der Waals surface area contributed by atoms with Gasteiger partial charge in [0.2, 0.25) is 0 Å². The molecule has 19 heavy (non-hydrogen) atoms. The summed E-state index contributed by atoms with van der Waals surface area (Å²) in [6, 6.07) is 14.3. The van der Waals surface area contributed by atoms with Crippen molar-refractivity contribution in [2.24, 2.45) is 0 Å². The molecule has 0 amide bonds. The standard InChI is InChI=1S/C17H18ClN/c1-14(8-4-6-12-18)15-9-2-3-10-16(15)17-11-5-7-13-19-17/h2-3,5,7,9-11,13H,1,4,6,8,12H2. The quantitative estimate of drug-likeness (QED) is 0.522. The number of benzene rings is 1. The van der Waals surface area contributed by atoms with E-state index in [1.807, 2.05) is 30.5 Å². The molecular formula is C17H18ClN. The fraction of sp³-hybridized carbons (Fsp3) is 0.235. The van der Waals surface area contributed by atoms with E-state index in [2.05, 4.69) is 29.8 Å². The largest absolute Gasteiger partial charge is 0.256 e. The van der Waals surface area contributed by atoms with Gasteiger partial charge in [0.15, 0.2) is 0 Å². The average molecular weight is 272 g/mol. The molecule has 0 unspecified atom stereocenters. The highest BCUT2D eigenvalue weighted by Crippen LogP contribution is 2.29. The van der Waals surface area contributed by atoms with Crippen LogP contribution in [0.5, 0.6) is 0 Å². The second-order valence-corrected chi connectivity index (χ2v) is 4.89. The molecule has 0 saturated carbocycles. The van der Waals surface area contributed by atoms with Crippen molar-refractivity contribution in [2.45, 2.75) is 19.3 Å². The molecule has 2 rings (SSSR count). The monoisotopic (exact) mass is 271 g/mol. The summed E-state index contributed by atoms with van der Waals surface area (Å²) >= 11 is 5.72. The maximum atomic E-state index is 5.72. The number of hydrogen-bond acceptors (Lipinski definition) is 1. The molecule has 2 heteroatoms. The zero-order valence-corrected chi connectivity index (χ0v) is 11.7. The van der Waals surface area contributed by atoms with Gasteiger partial charge in [-0.1, -0.05) is 36.9 Å². The van der Waals surface area contributed by atoms with Crippen molar-refractivity contribution in [3.63, 3.8) is 0 Å². The molecule has 1 heterocycles. The number of unbranched alkanes of at least 4 members (excludes halogenated alkanes) is 1. The minimum atomic E-state index is 0.717. The molecule has 0 aliphatic rings. The van der Waals surface area contributed by atoms with Crippen LogP contribution >= 0.6 is 11.6 Å². The Hall–Kier alpha value is -1.60. The third kappa shape index (κ3) is 3.68. The van der Waals surface area contributed by atoms with Crippen molar-refractivity contribution in [1.29, 1.82) is 0 Å². The Kier molecular flexibility index (Phi) is 5.17. The van der Waals surface area contributed by atoms with E-state index in [9.17, 15) is 0 Å². The summed E-state index contributed by atoms with van der Waals surface area (Å²) in [6.45, 7) is 4.21. The first kappa shape index (κ1) is 13.8. The highest BCUT2D eigenvalue weighted by atomic mass is 35.5. The van der Waals surface area contributed by atoms with Crippen LogP contribution in [0.1, 0.15) is 24.8 Å². The molecular weight excluding hydrogens is 254 g/mol. The van der Waals surface area contributed by atoms with E-state index >= 15 is 0 Å². The van der Waals surface area contributed by atoms with Crippen molar-refractivity contribution in [3.05, 3.63) is 60.8 Å². The van der Waals surface area contributed by atoms with Gasteiger partial charge in [0, 0.05) is 17.6 Å². The highest BCUT2D eigenvalue weighted by Gasteiger charge is 2.08. The van der Waals surface area contributed by atoms with Crippen LogP contribution in [0.25, 0.3) is 16.8 Å². The predicted molar refractivity (Wildman–Crippen MR) is 83.3 cm³/mol. The van der Waals surface area contributed by atoms with Crippen LogP contribution in [0, 0.1) is 0 Å². The van der Waals surface area contributed by atoms with Crippen LogP contribution in [0.15, 0.2) is 55.2 Å². The van der Waals surface area contributed by atoms with Gasteiger partial charge in [-0.3, -0.25) is 4.98 Å². The van der Waals surface area contributed by atoms with E-state index in [4.69, 9.17) is 11.6 Å². The fourth-order valence-corrected chi connectivity index (χ4v) is 2.29. The smallest absolute Gasteiger partial charge is 0.0708 e. The number of aromatic nitrogens is 1. The first-order chi connectivity index (χ1) is 9.33. The summed E-state index contributed by atoms with van der Waals surface area (Å²) in [7, 11) is 0. The molecule has 2 aromatic rings. The van der Waals surface area contributed by atoms with Gasteiger partial charge in [0.05, 0.1) is 5.69 Å². The number of alkyl halides is 1. The topological polar surface area (TPSA) is 12.9 Å². The summed E-state index contributed by atoms with van der Waals surface area (Å²) in [5, 5.41) is 0. The number of halogens is 1. The van der Waals surface area contributed by atoms with Crippen LogP contribution in [0.2, 0.25) is 0 Å². The number of pyridine rings is 1. The van der Waals surface area contributed by atoms with Crippen molar-refractivity contribution in [3.8, 4) is 11.3 Å². The van der Waals surface area contributed by atoms with Gasteiger partial charge < -0.3 is 0 Å². The van der Waals surface area contributed by atoms with E-state index in [0.29, 0.717) is 0 Å². The third-order valence-electron chi connectivity index (χ3n) is 3.11. The lowest BCUT2D eigenvalue weighted by Gasteiger charge is -2.11. The SMILES string of the molecule is C=C(CCCCCl)c1ccccc1-c1ccccn1. The molecule has 0 bridgehead atoms. The first-order valence-electron chi connectivity index (χ1n) is 6.57. The molecule has 0 aliphatic carbocycles. The summed E-state index contributed by atoms with van der Waals surface area (Å²) in [5.41, 5.74) is 4.50. The maximum Gasteiger partial charge on any atom is 0.0708 e. The number of hydrogen-bond donors (Lipinski definition) is 0. The van der Waals surface area contributed by atoms with Gasteiger partial charge in [-0.2, -0.15) is 0 Å². The summed E-state index contributed by atoms with van der Waals surface area (Å²) < 4.78 is 0. The van der Waals surface area contributed by atoms with Crippen molar-refractivity contribution < 1.29 is 0 Å². The van der Waals surface area contributed by atoms with Gasteiger partial charge in [0.25, 0.3) is 0 Å². The Balaban J connectivity index is 2.24. The lowest BCUT2D eigenvalue weighted by molar-refractivity contribution is 0.830. The van der Waals surface area contributed by atoms with Crippen LogP contribution in [-0.2, 0) is 0 Å². The normalized spacial score (nSPS) is 10.4. The van der Waals surface area contributed by atoms with E-state index in [0.717, 1.165) is 42.0 Å². The first-order valence-corrected chi connectivity index (χ1v) is 7.11. The lowest BCUT2D eigenvalue weighted by atomic mass is 9.95. The van der Waals surface area contributed by atoms with Gasteiger partial charge in [0.1, 0.15) is 0 Å². The second-order valence-electron chi connectivity index (χ2n) is 4.51. The van der Waals surface area contributed by atoms with Crippen LogP contribution in [-0.4, -0.2) is 10.9 Å². The Bertz CT molecular complexity index is 534. The van der Waals surface area contributed by atoms with Crippen molar-refractivity contribution in [1.82, 2.24) is 4.98 Å². The summed E-state index contributed by atoms with van der Waals surface area (Å²) in [6.07, 6.45) is 4.92. The van der Waals surface area contributed by atoms with Crippen molar-refractivity contribution >= 4 is 17.2 Å². The molecule has 0 fully saturated rings. The van der Waals surface area contributed by atoms with Gasteiger partial charge >= 0.3 is 0 Å². The molecule has 0 aliphatic heterocycles. The fourth-order valence-electron chi connectivity index (χ4n) is 2.10. The van der Waals surface area contributed by atoms with E-state index in [1.165, 1.54) is 5.56 Å². The number of rotatable bonds is 6. The molecule has 1 nitrogen and oxygen atoms in total. The Labute approximate surface area is 120 Å². The molecule has 0 saturated heterocycles. The molecule has 1 aromatic heterocycles. The minimum Gasteiger partial charge on any atom is -0.256 e. The lowest BCUT2D eigenvalue weighted by Crippen LogP contribution is -1.91. The van der Waals surface area contributed by atoms with Gasteiger partial charge in [-0.25, -0.2) is 0 Å². The molecule has 0 radical (unpaired) electrons. The zero-order valence-electron chi connectivity index (χ0n) is 11.0. The highest BCUT2D eigenvalue weighted by molar-refractivity contribution is 6.17. The zero-order chi connectivity index (χ0) is 13.5. The van der Waals surface area contributed by atoms with Gasteiger partial charge in [-0.15, -0.1) is 11.6 Å².